The van der Waals surface area contributed by atoms with E-state index in [4.69, 9.17) is 9.47 Å². The van der Waals surface area contributed by atoms with Crippen LogP contribution in [0.15, 0.2) is 36.7 Å². The number of fused-ring (bicyclic) bond motifs is 1. The molecule has 8 nitrogen and oxygen atoms in total. The van der Waals surface area contributed by atoms with Gasteiger partial charge in [-0.25, -0.2) is 9.97 Å². The molecule has 0 unspecified atom stereocenters. The molecule has 0 radical (unpaired) electrons. The van der Waals surface area contributed by atoms with Gasteiger partial charge in [-0.1, -0.05) is 13.0 Å². The third-order valence-corrected chi connectivity index (χ3v) is 5.40. The lowest BCUT2D eigenvalue weighted by Crippen LogP contribution is -2.49. The summed E-state index contributed by atoms with van der Waals surface area (Å²) in [7, 11) is 0. The van der Waals surface area contributed by atoms with E-state index in [1.165, 1.54) is 5.56 Å². The van der Waals surface area contributed by atoms with E-state index < -0.39 is 0 Å². The Kier molecular flexibility index (Phi) is 6.09. The number of benzene rings is 1. The third kappa shape index (κ3) is 4.76. The first-order valence-electron chi connectivity index (χ1n) is 10.1. The van der Waals surface area contributed by atoms with Crippen LogP contribution >= 0.6 is 0 Å². The van der Waals surface area contributed by atoms with E-state index in [2.05, 4.69) is 32.8 Å². The molecular formula is C21H27N5O3. The fourth-order valence-electron chi connectivity index (χ4n) is 3.67. The number of amides is 1. The average Bonchev–Trinajstić information content (AvgIpc) is 3.25. The van der Waals surface area contributed by atoms with Gasteiger partial charge in [0.05, 0.1) is 0 Å². The summed E-state index contributed by atoms with van der Waals surface area (Å²) in [5, 5.41) is 0. The maximum Gasteiger partial charge on any atom is 0.231 e. The summed E-state index contributed by atoms with van der Waals surface area (Å²) >= 11 is 0. The standard InChI is InChI=1S/C21H27N5O3/c1-2-24(15-17-4-5-18-19(14-17)29-16-28-18)9-6-20(27)25-10-12-26(13-11-25)21-22-7-3-8-23-21/h3-5,7-8,14H,2,6,9-13,15-16H2,1H3. The molecule has 0 saturated carbocycles. The van der Waals surface area contributed by atoms with Gasteiger partial charge in [0, 0.05) is 58.1 Å². The minimum absolute atomic E-state index is 0.211. The highest BCUT2D eigenvalue weighted by atomic mass is 16.7. The summed E-state index contributed by atoms with van der Waals surface area (Å²) in [6, 6.07) is 7.85. The molecule has 29 heavy (non-hydrogen) atoms. The number of hydrogen-bond donors (Lipinski definition) is 0. The lowest BCUT2D eigenvalue weighted by atomic mass is 10.2. The van der Waals surface area contributed by atoms with E-state index in [9.17, 15) is 4.79 Å². The fraction of sp³-hybridized carbons (Fsp3) is 0.476. The molecule has 154 valence electrons. The third-order valence-electron chi connectivity index (χ3n) is 5.40. The first-order chi connectivity index (χ1) is 14.2. The molecule has 1 aromatic heterocycles. The van der Waals surface area contributed by atoms with Crippen molar-refractivity contribution in [3.63, 3.8) is 0 Å². The van der Waals surface area contributed by atoms with Crippen molar-refractivity contribution in [3.8, 4) is 11.5 Å². The van der Waals surface area contributed by atoms with Gasteiger partial charge in [-0.05, 0) is 30.3 Å². The summed E-state index contributed by atoms with van der Waals surface area (Å²) in [6.45, 7) is 7.79. The second kappa shape index (κ2) is 9.09. The molecule has 0 atom stereocenters. The van der Waals surface area contributed by atoms with Gasteiger partial charge in [0.2, 0.25) is 18.6 Å². The molecule has 4 rings (SSSR count). The Balaban J connectivity index is 1.24. The summed E-state index contributed by atoms with van der Waals surface area (Å²) < 4.78 is 10.8. The van der Waals surface area contributed by atoms with Crippen LogP contribution in [0.3, 0.4) is 0 Å². The van der Waals surface area contributed by atoms with Crippen molar-refractivity contribution >= 4 is 11.9 Å². The van der Waals surface area contributed by atoms with Crippen LogP contribution in [0, 0.1) is 0 Å². The van der Waals surface area contributed by atoms with E-state index in [-0.39, 0.29) is 12.7 Å². The van der Waals surface area contributed by atoms with Gasteiger partial charge < -0.3 is 19.3 Å². The number of anilines is 1. The van der Waals surface area contributed by atoms with Crippen LogP contribution in [0.25, 0.3) is 0 Å². The van der Waals surface area contributed by atoms with Crippen LogP contribution in [0.5, 0.6) is 11.5 Å². The van der Waals surface area contributed by atoms with Crippen LogP contribution in [-0.4, -0.2) is 71.7 Å². The number of hydrogen-bond acceptors (Lipinski definition) is 7. The van der Waals surface area contributed by atoms with Gasteiger partial charge in [0.1, 0.15) is 0 Å². The molecular weight excluding hydrogens is 370 g/mol. The Hall–Kier alpha value is -2.87. The van der Waals surface area contributed by atoms with Gasteiger partial charge >= 0.3 is 0 Å². The number of aromatic nitrogens is 2. The predicted molar refractivity (Wildman–Crippen MR) is 109 cm³/mol. The Morgan fingerprint density at radius 2 is 1.86 bits per heavy atom. The lowest BCUT2D eigenvalue weighted by molar-refractivity contribution is -0.131. The van der Waals surface area contributed by atoms with Crippen molar-refractivity contribution in [2.24, 2.45) is 0 Å². The molecule has 1 saturated heterocycles. The molecule has 0 N–H and O–H groups in total. The topological polar surface area (TPSA) is 71.0 Å². The number of piperazine rings is 1. The number of carbonyl (C=O) groups is 1. The predicted octanol–water partition coefficient (Wildman–Crippen LogP) is 1.77. The first-order valence-corrected chi connectivity index (χ1v) is 10.1. The molecule has 2 aliphatic heterocycles. The second-order valence-corrected chi connectivity index (χ2v) is 7.22. The molecule has 0 bridgehead atoms. The average molecular weight is 397 g/mol. The summed E-state index contributed by atoms with van der Waals surface area (Å²) in [5.41, 5.74) is 1.17. The van der Waals surface area contributed by atoms with Gasteiger partial charge in [-0.15, -0.1) is 0 Å². The number of ether oxygens (including phenoxy) is 2. The Morgan fingerprint density at radius 1 is 1.10 bits per heavy atom. The lowest BCUT2D eigenvalue weighted by Gasteiger charge is -2.35. The largest absolute Gasteiger partial charge is 0.454 e. The first kappa shape index (κ1) is 19.4. The number of rotatable bonds is 7. The zero-order valence-electron chi connectivity index (χ0n) is 16.8. The quantitative estimate of drug-likeness (QED) is 0.705. The van der Waals surface area contributed by atoms with Crippen LogP contribution in [0.1, 0.15) is 18.9 Å². The molecule has 0 spiro atoms. The molecule has 1 aromatic carbocycles. The maximum atomic E-state index is 12.7. The van der Waals surface area contributed by atoms with Crippen molar-refractivity contribution in [3.05, 3.63) is 42.2 Å². The van der Waals surface area contributed by atoms with Crippen LogP contribution in [0.2, 0.25) is 0 Å². The highest BCUT2D eigenvalue weighted by molar-refractivity contribution is 5.76. The number of carbonyl (C=O) groups excluding carboxylic acids is 1. The van der Waals surface area contributed by atoms with E-state index in [0.717, 1.165) is 50.2 Å². The summed E-state index contributed by atoms with van der Waals surface area (Å²) in [5.74, 6) is 2.55. The van der Waals surface area contributed by atoms with E-state index >= 15 is 0 Å². The van der Waals surface area contributed by atoms with Crippen molar-refractivity contribution in [2.45, 2.75) is 19.9 Å². The zero-order chi connectivity index (χ0) is 20.1. The maximum absolute atomic E-state index is 12.7. The van der Waals surface area contributed by atoms with Crippen LogP contribution in [0.4, 0.5) is 5.95 Å². The number of nitrogens with zero attached hydrogens (tertiary/aromatic N) is 5. The highest BCUT2D eigenvalue weighted by Crippen LogP contribution is 2.32. The normalized spacial score (nSPS) is 15.8. The van der Waals surface area contributed by atoms with Crippen molar-refractivity contribution < 1.29 is 14.3 Å². The Labute approximate surface area is 171 Å². The van der Waals surface area contributed by atoms with Crippen LogP contribution in [-0.2, 0) is 11.3 Å². The molecule has 1 fully saturated rings. The summed E-state index contributed by atoms with van der Waals surface area (Å²) in [4.78, 5) is 27.6. The van der Waals surface area contributed by atoms with Gasteiger partial charge in [-0.3, -0.25) is 9.69 Å². The SMILES string of the molecule is CCN(CCC(=O)N1CCN(c2ncccn2)CC1)Cc1ccc2c(c1)OCO2. The van der Waals surface area contributed by atoms with Crippen molar-refractivity contribution in [1.29, 1.82) is 0 Å². The van der Waals surface area contributed by atoms with E-state index in [1.54, 1.807) is 12.4 Å². The minimum Gasteiger partial charge on any atom is -0.454 e. The smallest absolute Gasteiger partial charge is 0.231 e. The van der Waals surface area contributed by atoms with Gasteiger partial charge in [0.25, 0.3) is 0 Å². The molecule has 0 aliphatic carbocycles. The minimum atomic E-state index is 0.211. The van der Waals surface area contributed by atoms with E-state index in [0.29, 0.717) is 19.5 Å². The monoisotopic (exact) mass is 397 g/mol. The Morgan fingerprint density at radius 3 is 2.62 bits per heavy atom. The zero-order valence-corrected chi connectivity index (χ0v) is 16.8. The molecule has 2 aliphatic rings. The fourth-order valence-corrected chi connectivity index (χ4v) is 3.67. The van der Waals surface area contributed by atoms with E-state index in [1.807, 2.05) is 23.1 Å². The molecule has 3 heterocycles. The molecule has 8 heteroatoms. The highest BCUT2D eigenvalue weighted by Gasteiger charge is 2.22. The Bertz CT molecular complexity index is 824. The van der Waals surface area contributed by atoms with Crippen LogP contribution < -0.4 is 14.4 Å². The van der Waals surface area contributed by atoms with Gasteiger partial charge in [-0.2, -0.15) is 0 Å². The van der Waals surface area contributed by atoms with Crippen molar-refractivity contribution in [2.75, 3.05) is 51.0 Å². The second-order valence-electron chi connectivity index (χ2n) is 7.22. The summed E-state index contributed by atoms with van der Waals surface area (Å²) in [6.07, 6.45) is 4.03. The molecule has 2 aromatic rings. The van der Waals surface area contributed by atoms with Crippen molar-refractivity contribution in [1.82, 2.24) is 19.8 Å². The van der Waals surface area contributed by atoms with Gasteiger partial charge in [0.15, 0.2) is 11.5 Å². The molecule has 1 amide bonds.